The average molecular weight is 316 g/mol. The van der Waals surface area contributed by atoms with Gasteiger partial charge >= 0.3 is 12.0 Å². The number of carbonyl (C=O) groups is 2. The second-order valence-corrected chi connectivity index (χ2v) is 6.76. The number of urea groups is 1. The van der Waals surface area contributed by atoms with Crippen LogP contribution in [0.5, 0.6) is 0 Å². The molecule has 1 saturated carbocycles. The molecular formula is C18H24N2O3. The maximum Gasteiger partial charge on any atom is 0.335 e. The van der Waals surface area contributed by atoms with Crippen LogP contribution in [0, 0.1) is 5.92 Å². The molecule has 1 heterocycles. The van der Waals surface area contributed by atoms with Gasteiger partial charge in [0.2, 0.25) is 0 Å². The van der Waals surface area contributed by atoms with E-state index >= 15 is 0 Å². The van der Waals surface area contributed by atoms with Crippen molar-refractivity contribution in [3.8, 4) is 0 Å². The molecule has 1 saturated heterocycles. The van der Waals surface area contributed by atoms with E-state index in [0.29, 0.717) is 24.5 Å². The van der Waals surface area contributed by atoms with Crippen LogP contribution in [0.4, 0.5) is 4.79 Å². The molecule has 23 heavy (non-hydrogen) atoms. The first-order valence-corrected chi connectivity index (χ1v) is 8.44. The second kappa shape index (κ2) is 6.60. The number of amides is 2. The number of fused-ring (bicyclic) bond motifs is 1. The maximum atomic E-state index is 12.6. The first-order chi connectivity index (χ1) is 11.1. The number of aromatic carboxylic acids is 1. The molecule has 0 aromatic heterocycles. The standard InChI is InChI=1S/C18H24N2O3/c1-12-10-15-4-2-3-5-16(15)20(12)18(23)19-11-13-6-8-14(9-7-13)17(21)22/h6-9,12,15-16H,2-5,10-11H2,1H3,(H,19,23)(H,21,22). The first-order valence-electron chi connectivity index (χ1n) is 8.44. The predicted octanol–water partition coefficient (Wildman–Crippen LogP) is 3.25. The first kappa shape index (κ1) is 15.8. The highest BCUT2D eigenvalue weighted by Gasteiger charge is 2.42. The Morgan fingerprint density at radius 2 is 1.91 bits per heavy atom. The Balaban J connectivity index is 1.59. The zero-order valence-corrected chi connectivity index (χ0v) is 13.5. The lowest BCUT2D eigenvalue weighted by Gasteiger charge is -2.33. The molecule has 1 aliphatic carbocycles. The molecule has 0 spiro atoms. The van der Waals surface area contributed by atoms with Crippen molar-refractivity contribution in [2.75, 3.05) is 0 Å². The van der Waals surface area contributed by atoms with Crippen LogP contribution in [0.3, 0.4) is 0 Å². The molecule has 0 bridgehead atoms. The van der Waals surface area contributed by atoms with Crippen LogP contribution in [0.15, 0.2) is 24.3 Å². The number of hydrogen-bond acceptors (Lipinski definition) is 2. The molecule has 3 rings (SSSR count). The molecule has 5 nitrogen and oxygen atoms in total. The van der Waals surface area contributed by atoms with Crippen molar-refractivity contribution in [1.82, 2.24) is 10.2 Å². The zero-order chi connectivity index (χ0) is 16.4. The molecule has 2 aliphatic rings. The van der Waals surface area contributed by atoms with Gasteiger partial charge in [-0.15, -0.1) is 0 Å². The number of hydrogen-bond donors (Lipinski definition) is 2. The van der Waals surface area contributed by atoms with Crippen LogP contribution >= 0.6 is 0 Å². The van der Waals surface area contributed by atoms with Gasteiger partial charge in [-0.05, 0) is 49.8 Å². The predicted molar refractivity (Wildman–Crippen MR) is 87.3 cm³/mol. The van der Waals surface area contributed by atoms with E-state index in [1.807, 2.05) is 4.90 Å². The molecule has 1 aliphatic heterocycles. The van der Waals surface area contributed by atoms with Crippen LogP contribution in [0.25, 0.3) is 0 Å². The van der Waals surface area contributed by atoms with Crippen molar-refractivity contribution in [1.29, 1.82) is 0 Å². The van der Waals surface area contributed by atoms with Crippen LogP contribution in [0.2, 0.25) is 0 Å². The minimum atomic E-state index is -0.935. The fourth-order valence-electron chi connectivity index (χ4n) is 4.09. The monoisotopic (exact) mass is 316 g/mol. The Labute approximate surface area is 136 Å². The maximum absolute atomic E-state index is 12.6. The van der Waals surface area contributed by atoms with Crippen molar-refractivity contribution in [3.05, 3.63) is 35.4 Å². The van der Waals surface area contributed by atoms with Gasteiger partial charge in [0.1, 0.15) is 0 Å². The Hall–Kier alpha value is -2.04. The molecule has 3 unspecified atom stereocenters. The van der Waals surface area contributed by atoms with E-state index in [0.717, 1.165) is 18.4 Å². The zero-order valence-electron chi connectivity index (χ0n) is 13.5. The molecule has 1 aromatic carbocycles. The van der Waals surface area contributed by atoms with Crippen molar-refractivity contribution in [3.63, 3.8) is 0 Å². The highest BCUT2D eigenvalue weighted by molar-refractivity contribution is 5.87. The Morgan fingerprint density at radius 3 is 2.61 bits per heavy atom. The highest BCUT2D eigenvalue weighted by Crippen LogP contribution is 2.39. The number of benzene rings is 1. The molecule has 1 aromatic rings. The van der Waals surface area contributed by atoms with Gasteiger partial charge < -0.3 is 15.3 Å². The number of nitrogens with one attached hydrogen (secondary N) is 1. The lowest BCUT2D eigenvalue weighted by Crippen LogP contribution is -2.47. The third-order valence-corrected chi connectivity index (χ3v) is 5.22. The van der Waals surface area contributed by atoms with Gasteiger partial charge in [0.15, 0.2) is 0 Å². The van der Waals surface area contributed by atoms with Crippen molar-refractivity contribution < 1.29 is 14.7 Å². The van der Waals surface area contributed by atoms with E-state index in [4.69, 9.17) is 5.11 Å². The SMILES string of the molecule is CC1CC2CCCCC2N1C(=O)NCc1ccc(C(=O)O)cc1. The van der Waals surface area contributed by atoms with Gasteiger partial charge in [0.25, 0.3) is 0 Å². The number of carboxylic acids is 1. The van der Waals surface area contributed by atoms with Crippen molar-refractivity contribution >= 4 is 12.0 Å². The summed E-state index contributed by atoms with van der Waals surface area (Å²) in [5.74, 6) is -0.269. The van der Waals surface area contributed by atoms with E-state index in [9.17, 15) is 9.59 Å². The topological polar surface area (TPSA) is 69.6 Å². The van der Waals surface area contributed by atoms with E-state index in [1.54, 1.807) is 24.3 Å². The molecular weight excluding hydrogens is 292 g/mol. The summed E-state index contributed by atoms with van der Waals surface area (Å²) >= 11 is 0. The van der Waals surface area contributed by atoms with Crippen molar-refractivity contribution in [2.24, 2.45) is 5.92 Å². The normalized spacial score (nSPS) is 26.7. The van der Waals surface area contributed by atoms with Crippen LogP contribution < -0.4 is 5.32 Å². The van der Waals surface area contributed by atoms with Gasteiger partial charge in [-0.3, -0.25) is 0 Å². The van der Waals surface area contributed by atoms with Crippen LogP contribution in [0.1, 0.15) is 54.9 Å². The smallest absolute Gasteiger partial charge is 0.335 e. The third-order valence-electron chi connectivity index (χ3n) is 5.22. The summed E-state index contributed by atoms with van der Waals surface area (Å²) in [5.41, 5.74) is 1.17. The Bertz CT molecular complexity index is 584. The quantitative estimate of drug-likeness (QED) is 0.899. The van der Waals surface area contributed by atoms with Gasteiger partial charge in [-0.2, -0.15) is 0 Å². The highest BCUT2D eigenvalue weighted by atomic mass is 16.4. The van der Waals surface area contributed by atoms with E-state index in [2.05, 4.69) is 12.2 Å². The largest absolute Gasteiger partial charge is 0.478 e. The lowest BCUT2D eigenvalue weighted by atomic mass is 9.85. The fourth-order valence-corrected chi connectivity index (χ4v) is 4.09. The van der Waals surface area contributed by atoms with Gasteiger partial charge in [-0.1, -0.05) is 25.0 Å². The molecule has 2 fully saturated rings. The number of carbonyl (C=O) groups excluding carboxylic acids is 1. The van der Waals surface area contributed by atoms with Gasteiger partial charge in [0.05, 0.1) is 5.56 Å². The summed E-state index contributed by atoms with van der Waals surface area (Å²) < 4.78 is 0. The second-order valence-electron chi connectivity index (χ2n) is 6.76. The lowest BCUT2D eigenvalue weighted by molar-refractivity contribution is 0.0697. The van der Waals surface area contributed by atoms with E-state index < -0.39 is 5.97 Å². The molecule has 0 radical (unpaired) electrons. The molecule has 2 amide bonds. The minimum Gasteiger partial charge on any atom is -0.478 e. The number of nitrogens with zero attached hydrogens (tertiary/aromatic N) is 1. The van der Waals surface area contributed by atoms with Crippen LogP contribution in [-0.4, -0.2) is 34.1 Å². The van der Waals surface area contributed by atoms with E-state index in [-0.39, 0.29) is 11.6 Å². The van der Waals surface area contributed by atoms with Gasteiger partial charge in [-0.25, -0.2) is 9.59 Å². The minimum absolute atomic E-state index is 0.00853. The number of rotatable bonds is 3. The Morgan fingerprint density at radius 1 is 1.22 bits per heavy atom. The Kier molecular flexibility index (Phi) is 4.55. The average Bonchev–Trinajstić information content (AvgIpc) is 2.88. The molecule has 124 valence electrons. The third kappa shape index (κ3) is 3.33. The summed E-state index contributed by atoms with van der Waals surface area (Å²) in [4.78, 5) is 25.5. The van der Waals surface area contributed by atoms with Crippen molar-refractivity contribution in [2.45, 2.75) is 57.7 Å². The molecule has 2 N–H and O–H groups in total. The summed E-state index contributed by atoms with van der Waals surface area (Å²) in [6, 6.07) is 7.35. The number of likely N-dealkylation sites (tertiary alicyclic amines) is 1. The van der Waals surface area contributed by atoms with E-state index in [1.165, 1.54) is 19.3 Å². The molecule has 5 heteroatoms. The molecule has 3 atom stereocenters. The summed E-state index contributed by atoms with van der Waals surface area (Å²) in [7, 11) is 0. The van der Waals surface area contributed by atoms with Crippen LogP contribution in [-0.2, 0) is 6.54 Å². The summed E-state index contributed by atoms with van der Waals surface area (Å²) in [5, 5.41) is 11.9. The number of carboxylic acid groups (broad SMARTS) is 1. The fraction of sp³-hybridized carbons (Fsp3) is 0.556. The summed E-state index contributed by atoms with van der Waals surface area (Å²) in [6.07, 6.45) is 5.99. The summed E-state index contributed by atoms with van der Waals surface area (Å²) in [6.45, 7) is 2.57. The van der Waals surface area contributed by atoms with Gasteiger partial charge in [0, 0.05) is 18.6 Å².